The molecule has 1 aliphatic heterocycles. The fourth-order valence-electron chi connectivity index (χ4n) is 3.33. The summed E-state index contributed by atoms with van der Waals surface area (Å²) < 4.78 is 1.51. The van der Waals surface area contributed by atoms with Crippen molar-refractivity contribution in [2.45, 2.75) is 32.2 Å². The Labute approximate surface area is 151 Å². The first-order valence-electron chi connectivity index (χ1n) is 9.22. The molecule has 138 valence electrons. The summed E-state index contributed by atoms with van der Waals surface area (Å²) >= 11 is 0. The molecule has 1 saturated carbocycles. The Morgan fingerprint density at radius 1 is 1.19 bits per heavy atom. The predicted molar refractivity (Wildman–Crippen MR) is 96.1 cm³/mol. The lowest BCUT2D eigenvalue weighted by Gasteiger charge is -2.34. The number of aromatic amines is 1. The van der Waals surface area contributed by atoms with Gasteiger partial charge in [0.15, 0.2) is 0 Å². The molecule has 8 nitrogen and oxygen atoms in total. The molecular formula is C18H24N6O2. The van der Waals surface area contributed by atoms with Gasteiger partial charge in [-0.3, -0.25) is 19.6 Å². The molecule has 0 atom stereocenters. The zero-order chi connectivity index (χ0) is 18.1. The maximum absolute atomic E-state index is 12.6. The van der Waals surface area contributed by atoms with Gasteiger partial charge < -0.3 is 4.90 Å². The van der Waals surface area contributed by atoms with Crippen molar-refractivity contribution in [2.24, 2.45) is 0 Å². The van der Waals surface area contributed by atoms with Crippen molar-refractivity contribution in [3.05, 3.63) is 45.6 Å². The van der Waals surface area contributed by atoms with Gasteiger partial charge in [0.05, 0.1) is 12.2 Å². The largest absolute Gasteiger partial charge is 0.335 e. The minimum absolute atomic E-state index is 0.00405. The van der Waals surface area contributed by atoms with Crippen molar-refractivity contribution in [2.75, 3.05) is 32.7 Å². The van der Waals surface area contributed by atoms with E-state index in [0.29, 0.717) is 31.2 Å². The zero-order valence-electron chi connectivity index (χ0n) is 15.0. The summed E-state index contributed by atoms with van der Waals surface area (Å²) in [5.74, 6) is 0.573. The van der Waals surface area contributed by atoms with Crippen molar-refractivity contribution in [1.29, 1.82) is 0 Å². The van der Waals surface area contributed by atoms with E-state index in [-0.39, 0.29) is 11.5 Å². The molecule has 0 aromatic carbocycles. The average molecular weight is 356 g/mol. The first kappa shape index (κ1) is 17.0. The van der Waals surface area contributed by atoms with Crippen molar-refractivity contribution < 1.29 is 4.79 Å². The summed E-state index contributed by atoms with van der Waals surface area (Å²) in [6.07, 6.45) is 2.38. The van der Waals surface area contributed by atoms with Gasteiger partial charge in [-0.25, -0.2) is 4.68 Å². The number of aryl methyl sites for hydroxylation is 1. The third-order valence-corrected chi connectivity index (χ3v) is 5.12. The molecule has 0 unspecified atom stereocenters. The molecule has 0 bridgehead atoms. The van der Waals surface area contributed by atoms with Crippen LogP contribution in [0.15, 0.2) is 23.0 Å². The standard InChI is InChI=1S/C18H24N6O2/c1-13-2-5-17(25)24(21-13)11-8-22-6-9-23(10-7-22)18(26)16-12-15(19-20-16)14-3-4-14/h2,5,12,14H,3-4,6-11H2,1H3,(H,19,20). The zero-order valence-corrected chi connectivity index (χ0v) is 15.0. The maximum Gasteiger partial charge on any atom is 0.274 e. The highest BCUT2D eigenvalue weighted by molar-refractivity contribution is 5.92. The van der Waals surface area contributed by atoms with Gasteiger partial charge in [0.2, 0.25) is 0 Å². The Bertz CT molecular complexity index is 845. The molecule has 4 rings (SSSR count). The molecule has 0 radical (unpaired) electrons. The van der Waals surface area contributed by atoms with Crippen molar-refractivity contribution in [1.82, 2.24) is 29.8 Å². The van der Waals surface area contributed by atoms with Crippen LogP contribution in [0.25, 0.3) is 0 Å². The van der Waals surface area contributed by atoms with Gasteiger partial charge in [-0.1, -0.05) is 0 Å². The molecule has 1 aliphatic carbocycles. The number of rotatable bonds is 5. The lowest BCUT2D eigenvalue weighted by atomic mass is 10.2. The molecule has 0 spiro atoms. The quantitative estimate of drug-likeness (QED) is 0.848. The van der Waals surface area contributed by atoms with Gasteiger partial charge in [0, 0.05) is 50.4 Å². The van der Waals surface area contributed by atoms with E-state index in [1.54, 1.807) is 12.1 Å². The SMILES string of the molecule is Cc1ccc(=O)n(CCN2CCN(C(=O)c3cc(C4CC4)[nH]n3)CC2)n1. The molecule has 1 saturated heterocycles. The average Bonchev–Trinajstić information content (AvgIpc) is 3.39. The second-order valence-corrected chi connectivity index (χ2v) is 7.15. The highest BCUT2D eigenvalue weighted by Crippen LogP contribution is 2.39. The summed E-state index contributed by atoms with van der Waals surface area (Å²) in [5, 5.41) is 11.4. The minimum Gasteiger partial charge on any atom is -0.335 e. The van der Waals surface area contributed by atoms with Crippen LogP contribution in [0.2, 0.25) is 0 Å². The van der Waals surface area contributed by atoms with Gasteiger partial charge >= 0.3 is 0 Å². The summed E-state index contributed by atoms with van der Waals surface area (Å²) in [5.41, 5.74) is 2.37. The Morgan fingerprint density at radius 3 is 2.69 bits per heavy atom. The normalized spacial score (nSPS) is 18.3. The number of piperazine rings is 1. The Balaban J connectivity index is 1.28. The molecule has 26 heavy (non-hydrogen) atoms. The lowest BCUT2D eigenvalue weighted by molar-refractivity contribution is 0.0625. The second-order valence-electron chi connectivity index (χ2n) is 7.15. The van der Waals surface area contributed by atoms with E-state index in [4.69, 9.17) is 0 Å². The molecule has 3 heterocycles. The van der Waals surface area contributed by atoms with E-state index in [2.05, 4.69) is 20.2 Å². The van der Waals surface area contributed by atoms with E-state index < -0.39 is 0 Å². The topological polar surface area (TPSA) is 87.1 Å². The fourth-order valence-corrected chi connectivity index (χ4v) is 3.33. The van der Waals surface area contributed by atoms with Gasteiger partial charge in [-0.15, -0.1) is 0 Å². The van der Waals surface area contributed by atoms with Gasteiger partial charge in [0.25, 0.3) is 11.5 Å². The third kappa shape index (κ3) is 3.70. The number of hydrogen-bond donors (Lipinski definition) is 1. The number of nitrogens with one attached hydrogen (secondary N) is 1. The smallest absolute Gasteiger partial charge is 0.274 e. The number of H-pyrrole nitrogens is 1. The molecule has 2 fully saturated rings. The third-order valence-electron chi connectivity index (χ3n) is 5.12. The number of hydrogen-bond acceptors (Lipinski definition) is 5. The Hall–Kier alpha value is -2.48. The summed E-state index contributed by atoms with van der Waals surface area (Å²) in [7, 11) is 0. The van der Waals surface area contributed by atoms with Crippen LogP contribution in [-0.4, -0.2) is 68.4 Å². The van der Waals surface area contributed by atoms with E-state index >= 15 is 0 Å². The van der Waals surface area contributed by atoms with Crippen molar-refractivity contribution in [3.8, 4) is 0 Å². The van der Waals surface area contributed by atoms with Crippen LogP contribution in [0.4, 0.5) is 0 Å². The van der Waals surface area contributed by atoms with E-state index in [9.17, 15) is 9.59 Å². The highest BCUT2D eigenvalue weighted by Gasteiger charge is 2.28. The number of nitrogens with zero attached hydrogens (tertiary/aromatic N) is 5. The van der Waals surface area contributed by atoms with Crippen LogP contribution in [-0.2, 0) is 6.54 Å². The lowest BCUT2D eigenvalue weighted by Crippen LogP contribution is -2.49. The summed E-state index contributed by atoms with van der Waals surface area (Å²) in [6.45, 7) is 6.16. The van der Waals surface area contributed by atoms with E-state index in [0.717, 1.165) is 31.0 Å². The summed E-state index contributed by atoms with van der Waals surface area (Å²) in [4.78, 5) is 28.5. The van der Waals surface area contributed by atoms with Crippen LogP contribution in [0, 0.1) is 6.92 Å². The van der Waals surface area contributed by atoms with Crippen molar-refractivity contribution in [3.63, 3.8) is 0 Å². The highest BCUT2D eigenvalue weighted by atomic mass is 16.2. The summed E-state index contributed by atoms with van der Waals surface area (Å²) in [6, 6.07) is 5.19. The first-order valence-corrected chi connectivity index (χ1v) is 9.22. The molecular weight excluding hydrogens is 332 g/mol. The molecule has 2 aliphatic rings. The van der Waals surface area contributed by atoms with E-state index in [1.807, 2.05) is 17.9 Å². The van der Waals surface area contributed by atoms with Gasteiger partial charge in [-0.2, -0.15) is 10.2 Å². The van der Waals surface area contributed by atoms with Crippen LogP contribution < -0.4 is 5.56 Å². The van der Waals surface area contributed by atoms with Crippen LogP contribution in [0.3, 0.4) is 0 Å². The van der Waals surface area contributed by atoms with Crippen molar-refractivity contribution >= 4 is 5.91 Å². The fraction of sp³-hybridized carbons (Fsp3) is 0.556. The molecule has 2 aromatic rings. The molecule has 8 heteroatoms. The molecule has 1 N–H and O–H groups in total. The Kier molecular flexibility index (Phi) is 4.58. The van der Waals surface area contributed by atoms with Crippen LogP contribution in [0.5, 0.6) is 0 Å². The van der Waals surface area contributed by atoms with Gasteiger partial charge in [0.1, 0.15) is 5.69 Å². The van der Waals surface area contributed by atoms with E-state index in [1.165, 1.54) is 17.5 Å². The Morgan fingerprint density at radius 2 is 1.96 bits per heavy atom. The number of amides is 1. The van der Waals surface area contributed by atoms with Gasteiger partial charge in [-0.05, 0) is 31.9 Å². The predicted octanol–water partition coefficient (Wildman–Crippen LogP) is 0.610. The maximum atomic E-state index is 12.6. The molecule has 2 aromatic heterocycles. The number of aromatic nitrogens is 4. The monoisotopic (exact) mass is 356 g/mol. The first-order chi connectivity index (χ1) is 12.6. The number of carbonyl (C=O) groups excluding carboxylic acids is 1. The minimum atomic E-state index is -0.0746. The second kappa shape index (κ2) is 7.03. The van der Waals surface area contributed by atoms with Crippen LogP contribution >= 0.6 is 0 Å². The molecule has 1 amide bonds. The number of carbonyl (C=O) groups is 1. The van der Waals surface area contributed by atoms with Crippen LogP contribution in [0.1, 0.15) is 40.6 Å².